The van der Waals surface area contributed by atoms with Crippen molar-refractivity contribution in [2.24, 2.45) is 0 Å². The van der Waals surface area contributed by atoms with Crippen molar-refractivity contribution in [3.63, 3.8) is 0 Å². The van der Waals surface area contributed by atoms with Gasteiger partial charge in [0.05, 0.1) is 5.69 Å². The molecule has 0 saturated carbocycles. The minimum Gasteiger partial charge on any atom is -0.257 e. The molecule has 0 saturated heterocycles. The zero-order chi connectivity index (χ0) is 9.68. The first-order chi connectivity index (χ1) is 6.29. The highest BCUT2D eigenvalue weighted by Crippen LogP contribution is 2.13. The smallest absolute Gasteiger partial charge is 0.134 e. The van der Waals surface area contributed by atoms with Gasteiger partial charge in [-0.15, -0.1) is 0 Å². The number of allylic oxidation sites excluding steroid dienone is 2. The van der Waals surface area contributed by atoms with Gasteiger partial charge in [0.2, 0.25) is 0 Å². The van der Waals surface area contributed by atoms with E-state index < -0.39 is 0 Å². The highest BCUT2D eigenvalue weighted by molar-refractivity contribution is 5.71. The fourth-order valence-electron chi connectivity index (χ4n) is 0.905. The average Bonchev–Trinajstić information content (AvgIpc) is 2.21. The van der Waals surface area contributed by atoms with Crippen LogP contribution in [0.5, 0.6) is 0 Å². The highest BCUT2D eigenvalue weighted by Gasteiger charge is 2.03. The Labute approximate surface area is 76.6 Å². The summed E-state index contributed by atoms with van der Waals surface area (Å²) in [5, 5.41) is 17.2. The Morgan fingerprint density at radius 3 is 2.46 bits per heavy atom. The van der Waals surface area contributed by atoms with E-state index in [1.165, 1.54) is 0 Å². The molecule has 0 fully saturated rings. The van der Waals surface area contributed by atoms with E-state index in [9.17, 15) is 0 Å². The van der Waals surface area contributed by atoms with Gasteiger partial charge in [0.15, 0.2) is 0 Å². The first kappa shape index (κ1) is 8.96. The maximum absolute atomic E-state index is 8.60. The monoisotopic (exact) mass is 169 g/mol. The van der Waals surface area contributed by atoms with Crippen molar-refractivity contribution in [1.82, 2.24) is 4.98 Å². The van der Waals surface area contributed by atoms with E-state index in [-0.39, 0.29) is 5.57 Å². The summed E-state index contributed by atoms with van der Waals surface area (Å²) >= 11 is 0. The molecule has 62 valence electrons. The Morgan fingerprint density at radius 2 is 2.00 bits per heavy atom. The molecule has 0 N–H and O–H groups in total. The van der Waals surface area contributed by atoms with Gasteiger partial charge in [-0.1, -0.05) is 6.07 Å². The lowest BCUT2D eigenvalue weighted by molar-refractivity contribution is 1.26. The van der Waals surface area contributed by atoms with E-state index in [1.54, 1.807) is 25.3 Å². The molecule has 3 nitrogen and oxygen atoms in total. The summed E-state index contributed by atoms with van der Waals surface area (Å²) in [4.78, 5) is 4.04. The zero-order valence-corrected chi connectivity index (χ0v) is 7.15. The summed E-state index contributed by atoms with van der Waals surface area (Å²) in [5.41, 5.74) is 1.39. The maximum Gasteiger partial charge on any atom is 0.134 e. The van der Waals surface area contributed by atoms with Crippen LogP contribution in [0.2, 0.25) is 0 Å². The molecule has 1 aromatic heterocycles. The van der Waals surface area contributed by atoms with Crippen molar-refractivity contribution in [3.05, 3.63) is 35.7 Å². The van der Waals surface area contributed by atoms with E-state index in [0.29, 0.717) is 11.3 Å². The molecule has 0 aliphatic carbocycles. The molecule has 0 bridgehead atoms. The Hall–Kier alpha value is -2.13. The molecule has 1 heterocycles. The van der Waals surface area contributed by atoms with Crippen molar-refractivity contribution in [3.8, 4) is 12.1 Å². The van der Waals surface area contributed by atoms with Crippen molar-refractivity contribution in [2.45, 2.75) is 6.92 Å². The van der Waals surface area contributed by atoms with Crippen LogP contribution in [0.1, 0.15) is 12.6 Å². The zero-order valence-electron chi connectivity index (χ0n) is 7.15. The van der Waals surface area contributed by atoms with Crippen LogP contribution in [-0.2, 0) is 0 Å². The van der Waals surface area contributed by atoms with Crippen molar-refractivity contribution < 1.29 is 0 Å². The van der Waals surface area contributed by atoms with Crippen molar-refractivity contribution in [2.75, 3.05) is 0 Å². The third-order valence-electron chi connectivity index (χ3n) is 1.65. The van der Waals surface area contributed by atoms with Crippen LogP contribution >= 0.6 is 0 Å². The van der Waals surface area contributed by atoms with Gasteiger partial charge >= 0.3 is 0 Å². The summed E-state index contributed by atoms with van der Waals surface area (Å²) in [5.74, 6) is 0. The normalized spacial score (nSPS) is 8.23. The van der Waals surface area contributed by atoms with E-state index >= 15 is 0 Å². The molecule has 13 heavy (non-hydrogen) atoms. The molecule has 0 spiro atoms. The predicted molar refractivity (Wildman–Crippen MR) is 48.1 cm³/mol. The van der Waals surface area contributed by atoms with Crippen LogP contribution < -0.4 is 0 Å². The minimum atomic E-state index is 0.110. The molecule has 0 aromatic carbocycles. The van der Waals surface area contributed by atoms with Gasteiger partial charge in [0.25, 0.3) is 0 Å². The summed E-state index contributed by atoms with van der Waals surface area (Å²) in [6.45, 7) is 1.71. The average molecular weight is 169 g/mol. The number of pyridine rings is 1. The third kappa shape index (κ3) is 1.91. The number of nitriles is 2. The Balaban J connectivity index is 3.21. The molecule has 0 amide bonds. The fraction of sp³-hybridized carbons (Fsp3) is 0.100. The quantitative estimate of drug-likeness (QED) is 0.603. The van der Waals surface area contributed by atoms with Gasteiger partial charge in [-0.3, -0.25) is 4.98 Å². The Morgan fingerprint density at radius 1 is 1.31 bits per heavy atom. The second-order valence-electron chi connectivity index (χ2n) is 2.44. The van der Waals surface area contributed by atoms with Gasteiger partial charge in [-0.05, 0) is 19.1 Å². The second-order valence-corrected chi connectivity index (χ2v) is 2.44. The number of hydrogen-bond donors (Lipinski definition) is 0. The van der Waals surface area contributed by atoms with E-state index in [1.807, 2.05) is 18.2 Å². The molecule has 0 aliphatic rings. The Bertz CT molecular complexity index is 388. The first-order valence-electron chi connectivity index (χ1n) is 3.72. The summed E-state index contributed by atoms with van der Waals surface area (Å²) < 4.78 is 0. The van der Waals surface area contributed by atoms with Crippen LogP contribution in [0.25, 0.3) is 5.57 Å². The van der Waals surface area contributed by atoms with Gasteiger partial charge < -0.3 is 0 Å². The van der Waals surface area contributed by atoms with Gasteiger partial charge in [-0.25, -0.2) is 0 Å². The number of rotatable bonds is 1. The van der Waals surface area contributed by atoms with E-state index in [2.05, 4.69) is 4.98 Å². The predicted octanol–water partition coefficient (Wildman–Crippen LogP) is 1.90. The second kappa shape index (κ2) is 4.04. The largest absolute Gasteiger partial charge is 0.257 e. The standard InChI is InChI=1S/C10H7N3/c1-8(9(6-11)7-12)10-4-2-3-5-13-10/h2-5H,1H3. The van der Waals surface area contributed by atoms with E-state index in [4.69, 9.17) is 10.5 Å². The lowest BCUT2D eigenvalue weighted by Gasteiger charge is -1.97. The molecule has 0 aliphatic heterocycles. The molecule has 0 radical (unpaired) electrons. The summed E-state index contributed by atoms with van der Waals surface area (Å²) in [6.07, 6.45) is 1.63. The van der Waals surface area contributed by atoms with Crippen LogP contribution in [0.4, 0.5) is 0 Å². The number of hydrogen-bond acceptors (Lipinski definition) is 3. The van der Waals surface area contributed by atoms with Gasteiger partial charge in [0, 0.05) is 11.8 Å². The van der Waals surface area contributed by atoms with Crippen LogP contribution in [-0.4, -0.2) is 4.98 Å². The lowest BCUT2D eigenvalue weighted by atomic mass is 10.1. The topological polar surface area (TPSA) is 60.5 Å². The van der Waals surface area contributed by atoms with Crippen LogP contribution in [0.3, 0.4) is 0 Å². The van der Waals surface area contributed by atoms with Gasteiger partial charge in [-0.2, -0.15) is 10.5 Å². The highest BCUT2D eigenvalue weighted by atomic mass is 14.7. The first-order valence-corrected chi connectivity index (χ1v) is 3.72. The summed E-state index contributed by atoms with van der Waals surface area (Å²) in [6, 6.07) is 9.03. The Kier molecular flexibility index (Phi) is 2.78. The fourth-order valence-corrected chi connectivity index (χ4v) is 0.905. The lowest BCUT2D eigenvalue weighted by Crippen LogP contribution is -1.87. The minimum absolute atomic E-state index is 0.110. The number of aromatic nitrogens is 1. The maximum atomic E-state index is 8.60. The SMILES string of the molecule is CC(=C(C#N)C#N)c1ccccn1. The molecular weight excluding hydrogens is 162 g/mol. The third-order valence-corrected chi connectivity index (χ3v) is 1.65. The molecular formula is C10H7N3. The molecule has 0 unspecified atom stereocenters. The van der Waals surface area contributed by atoms with E-state index in [0.717, 1.165) is 0 Å². The number of nitrogens with zero attached hydrogens (tertiary/aromatic N) is 3. The molecule has 3 heteroatoms. The van der Waals surface area contributed by atoms with Crippen molar-refractivity contribution >= 4 is 5.57 Å². The van der Waals surface area contributed by atoms with Crippen LogP contribution in [0.15, 0.2) is 30.0 Å². The van der Waals surface area contributed by atoms with Crippen LogP contribution in [0, 0.1) is 22.7 Å². The molecule has 0 atom stereocenters. The van der Waals surface area contributed by atoms with Gasteiger partial charge in [0.1, 0.15) is 17.7 Å². The summed E-state index contributed by atoms with van der Waals surface area (Å²) in [7, 11) is 0. The molecule has 1 rings (SSSR count). The molecule has 1 aromatic rings. The van der Waals surface area contributed by atoms with Crippen molar-refractivity contribution in [1.29, 1.82) is 10.5 Å².